The van der Waals surface area contributed by atoms with E-state index in [9.17, 15) is 4.21 Å². The molecule has 1 saturated heterocycles. The summed E-state index contributed by atoms with van der Waals surface area (Å²) in [6, 6.07) is 5.28. The van der Waals surface area contributed by atoms with Gasteiger partial charge in [-0.05, 0) is 53.5 Å². The number of piperidine rings is 1. The first-order chi connectivity index (χ1) is 17.1. The minimum Gasteiger partial charge on any atom is -0.486 e. The smallest absolute Gasteiger partial charge is 0.225 e. The van der Waals surface area contributed by atoms with Gasteiger partial charge in [-0.3, -0.25) is 0 Å². The highest BCUT2D eigenvalue weighted by atomic mass is 35.5. The Bertz CT molecular complexity index is 1260. The van der Waals surface area contributed by atoms with Crippen molar-refractivity contribution in [3.05, 3.63) is 58.6 Å². The molecular weight excluding hydrogens is 488 g/mol. The molecule has 0 amide bonds. The molecule has 0 spiro atoms. The maximum absolute atomic E-state index is 12.8. The zero-order chi connectivity index (χ0) is 24.2. The summed E-state index contributed by atoms with van der Waals surface area (Å²) in [5.74, 6) is 1.43. The molecule has 0 aliphatic carbocycles. The van der Waals surface area contributed by atoms with Crippen LogP contribution in [-0.2, 0) is 17.2 Å². The van der Waals surface area contributed by atoms with Crippen molar-refractivity contribution >= 4 is 33.4 Å². The molecule has 1 atom stereocenters. The number of anilines is 1. The van der Waals surface area contributed by atoms with Gasteiger partial charge in [-0.1, -0.05) is 24.9 Å². The fraction of sp³-hybridized carbons (Fsp3) is 0.391. The van der Waals surface area contributed by atoms with Gasteiger partial charge in [0.2, 0.25) is 5.95 Å². The van der Waals surface area contributed by atoms with E-state index in [0.717, 1.165) is 61.0 Å². The number of halogens is 1. The number of tetrazole rings is 1. The van der Waals surface area contributed by atoms with Crippen molar-refractivity contribution in [2.24, 2.45) is 10.9 Å². The Kier molecular flexibility index (Phi) is 7.14. The van der Waals surface area contributed by atoms with E-state index in [1.165, 1.54) is 11.0 Å². The number of rotatable bonds is 8. The van der Waals surface area contributed by atoms with E-state index in [1.807, 2.05) is 18.5 Å². The van der Waals surface area contributed by atoms with Crippen molar-refractivity contribution < 1.29 is 8.95 Å². The third-order valence-electron chi connectivity index (χ3n) is 5.96. The predicted octanol–water partition coefficient (Wildman–Crippen LogP) is 3.36. The van der Waals surface area contributed by atoms with Gasteiger partial charge in [-0.2, -0.15) is 0 Å². The molecule has 0 bridgehead atoms. The second-order valence-corrected chi connectivity index (χ2v) is 10.1. The van der Waals surface area contributed by atoms with Crippen LogP contribution in [0.3, 0.4) is 0 Å². The third kappa shape index (κ3) is 5.40. The van der Waals surface area contributed by atoms with Crippen molar-refractivity contribution in [2.45, 2.75) is 32.6 Å². The monoisotopic (exact) mass is 512 g/mol. The summed E-state index contributed by atoms with van der Waals surface area (Å²) >= 11 is 6.36. The van der Waals surface area contributed by atoms with Crippen molar-refractivity contribution in [2.75, 3.05) is 24.6 Å². The van der Waals surface area contributed by atoms with Crippen molar-refractivity contribution in [1.82, 2.24) is 30.2 Å². The summed E-state index contributed by atoms with van der Waals surface area (Å²) < 4.78 is 20.1. The van der Waals surface area contributed by atoms with Crippen LogP contribution >= 0.6 is 11.6 Å². The normalized spacial score (nSPS) is 18.5. The minimum atomic E-state index is -1.24. The van der Waals surface area contributed by atoms with Gasteiger partial charge in [0.15, 0.2) is 0 Å². The average Bonchev–Trinajstić information content (AvgIpc) is 3.54. The molecule has 182 valence electrons. The lowest BCUT2D eigenvalue weighted by Crippen LogP contribution is -2.37. The highest BCUT2D eigenvalue weighted by molar-refractivity contribution is 8.03. The van der Waals surface area contributed by atoms with Crippen LogP contribution in [0, 0.1) is 5.92 Å². The maximum atomic E-state index is 12.8. The van der Waals surface area contributed by atoms with Gasteiger partial charge >= 0.3 is 0 Å². The molecule has 1 aromatic carbocycles. The van der Waals surface area contributed by atoms with Gasteiger partial charge < -0.3 is 9.64 Å². The summed E-state index contributed by atoms with van der Waals surface area (Å²) in [6.45, 7) is 3.95. The van der Waals surface area contributed by atoms with Crippen LogP contribution in [0.1, 0.15) is 31.7 Å². The lowest BCUT2D eigenvalue weighted by molar-refractivity contribution is 0.351. The van der Waals surface area contributed by atoms with E-state index in [2.05, 4.69) is 42.3 Å². The number of ether oxygens (including phenoxy) is 1. The fourth-order valence-corrected chi connectivity index (χ4v) is 5.64. The third-order valence-corrected chi connectivity index (χ3v) is 7.58. The maximum Gasteiger partial charge on any atom is 0.225 e. The van der Waals surface area contributed by atoms with Crippen LogP contribution in [0.15, 0.2) is 53.0 Å². The predicted molar refractivity (Wildman–Crippen MR) is 134 cm³/mol. The molecule has 0 N–H and O–H groups in total. The lowest BCUT2D eigenvalue weighted by atomic mass is 9.98. The molecule has 2 aromatic heterocycles. The molecule has 0 saturated carbocycles. The van der Waals surface area contributed by atoms with Crippen LogP contribution < -0.4 is 9.64 Å². The molecule has 2 aliphatic heterocycles. The molecular formula is C23H25ClN8O2S. The van der Waals surface area contributed by atoms with Crippen LogP contribution in [0.2, 0.25) is 5.02 Å². The van der Waals surface area contributed by atoms with E-state index < -0.39 is 10.8 Å². The lowest BCUT2D eigenvalue weighted by Gasteiger charge is -2.31. The van der Waals surface area contributed by atoms with Gasteiger partial charge in [0.1, 0.15) is 23.7 Å². The summed E-state index contributed by atoms with van der Waals surface area (Å²) in [5, 5.41) is 13.9. The number of benzene rings is 1. The van der Waals surface area contributed by atoms with Gasteiger partial charge in [0.25, 0.3) is 0 Å². The van der Waals surface area contributed by atoms with Crippen molar-refractivity contribution in [3.63, 3.8) is 0 Å². The zero-order valence-corrected chi connectivity index (χ0v) is 20.8. The molecule has 1 fully saturated rings. The molecule has 1 unspecified atom stereocenters. The van der Waals surface area contributed by atoms with Crippen molar-refractivity contribution in [1.29, 1.82) is 0 Å². The van der Waals surface area contributed by atoms with Crippen LogP contribution in [0.4, 0.5) is 5.95 Å². The van der Waals surface area contributed by atoms with Gasteiger partial charge in [0, 0.05) is 36.8 Å². The van der Waals surface area contributed by atoms with Gasteiger partial charge in [0.05, 0.1) is 27.2 Å². The standard InChI is InChI=1S/C23H25ClN8O2S/c1-2-3-16-11-25-23(26-12-16)31-8-6-17(7-9-31)22-28-18(14-35(22)33)13-34-21-5-4-19(10-20(21)24)32-15-27-29-30-32/h4-5,10-12,14-15,17H,2-3,6-9,13H2,1H3. The molecule has 5 rings (SSSR count). The topological polar surface area (TPSA) is 111 Å². The quantitative estimate of drug-likeness (QED) is 0.451. The number of aryl methyl sites for hydroxylation is 1. The molecule has 0 radical (unpaired) electrons. The van der Waals surface area contributed by atoms with E-state index in [4.69, 9.17) is 16.3 Å². The number of nitrogens with zero attached hydrogens (tertiary/aromatic N) is 8. The Labute approximate surface area is 210 Å². The average molecular weight is 513 g/mol. The van der Waals surface area contributed by atoms with Gasteiger partial charge in [-0.25, -0.2) is 23.9 Å². The van der Waals surface area contributed by atoms with E-state index >= 15 is 0 Å². The highest BCUT2D eigenvalue weighted by Gasteiger charge is 2.30. The first-order valence-electron chi connectivity index (χ1n) is 11.5. The number of hydrogen-bond acceptors (Lipinski definition) is 9. The second kappa shape index (κ2) is 10.6. The summed E-state index contributed by atoms with van der Waals surface area (Å²) in [5.41, 5.74) is 2.53. The van der Waals surface area contributed by atoms with Crippen LogP contribution in [0.5, 0.6) is 5.75 Å². The Morgan fingerprint density at radius 1 is 1.20 bits per heavy atom. The summed E-state index contributed by atoms with van der Waals surface area (Å²) in [4.78, 5) is 15.9. The fourth-order valence-electron chi connectivity index (χ4n) is 4.15. The van der Waals surface area contributed by atoms with E-state index in [0.29, 0.717) is 16.5 Å². The second-order valence-electron chi connectivity index (χ2n) is 8.42. The molecule has 3 aromatic rings. The molecule has 10 nitrogen and oxygen atoms in total. The summed E-state index contributed by atoms with van der Waals surface area (Å²) in [6.07, 6.45) is 9.10. The number of aliphatic imine (C=N–C) groups is 1. The molecule has 2 aliphatic rings. The number of aromatic nitrogens is 6. The molecule has 12 heteroatoms. The Hall–Kier alpha value is -3.18. The zero-order valence-electron chi connectivity index (χ0n) is 19.2. The van der Waals surface area contributed by atoms with Crippen molar-refractivity contribution in [3.8, 4) is 11.4 Å². The van der Waals surface area contributed by atoms with E-state index in [1.54, 1.807) is 17.5 Å². The van der Waals surface area contributed by atoms with Crippen LogP contribution in [-0.4, -0.2) is 59.1 Å². The minimum absolute atomic E-state index is 0.166. The Morgan fingerprint density at radius 2 is 2.00 bits per heavy atom. The number of hydrogen-bond donors (Lipinski definition) is 0. The van der Waals surface area contributed by atoms with E-state index in [-0.39, 0.29) is 12.5 Å². The SMILES string of the molecule is CCCc1cnc(N2CCC(C3=NC(COc4ccc(-n5cnnn5)cc4Cl)=CS3=O)CC2)nc1. The molecule has 35 heavy (non-hydrogen) atoms. The summed E-state index contributed by atoms with van der Waals surface area (Å²) in [7, 11) is -1.24. The molecule has 4 heterocycles. The first-order valence-corrected chi connectivity index (χ1v) is 13.1. The largest absolute Gasteiger partial charge is 0.486 e. The Balaban J connectivity index is 1.16. The van der Waals surface area contributed by atoms with Gasteiger partial charge in [-0.15, -0.1) is 5.10 Å². The Morgan fingerprint density at radius 3 is 2.69 bits per heavy atom. The first kappa shape index (κ1) is 23.6. The highest BCUT2D eigenvalue weighted by Crippen LogP contribution is 2.29. The van der Waals surface area contributed by atoms with Crippen LogP contribution in [0.25, 0.3) is 5.69 Å².